The number of amides is 6. The maximum Gasteiger partial charge on any atom is 0.252 e. The second-order valence-electron chi connectivity index (χ2n) is 17.8. The maximum absolute atomic E-state index is 15.2. The van der Waals surface area contributed by atoms with Gasteiger partial charge in [-0.05, 0) is 54.5 Å². The number of carbonyl (C=O) groups excluding carboxylic acids is 6. The minimum Gasteiger partial charge on any atom is -0.343 e. The molecule has 2 saturated heterocycles. The smallest absolute Gasteiger partial charge is 0.252 e. The van der Waals surface area contributed by atoms with Crippen LogP contribution in [0.15, 0.2) is 115 Å². The van der Waals surface area contributed by atoms with Gasteiger partial charge in [0.05, 0.1) is 11.7 Å². The molecule has 4 aliphatic heterocycles. The molecule has 14 nitrogen and oxygen atoms in total. The summed E-state index contributed by atoms with van der Waals surface area (Å²) in [5.41, 5.74) is 9.97. The number of carbonyl (C=O) groups is 6. The third kappa shape index (κ3) is 7.31. The molecule has 14 heteroatoms. The van der Waals surface area contributed by atoms with Crippen molar-refractivity contribution in [3.63, 3.8) is 0 Å². The number of hydrogen-bond donors (Lipinski definition) is 5. The lowest BCUT2D eigenvalue weighted by Gasteiger charge is -2.49. The van der Waals surface area contributed by atoms with Crippen molar-refractivity contribution in [1.29, 1.82) is 0 Å². The van der Waals surface area contributed by atoms with Crippen LogP contribution in [-0.2, 0) is 53.6 Å². The molecule has 6 N–H and O–H groups in total. The standard InChI is InChI=1S/C49H52N8O6/c1-28(2)22-36-45(61)54-38-26-49(34-19-11-13-21-40(34)56-47(63)41(57(46(38)62)48(49)56)24-31-16-8-5-9-17-31)55-27-32(33-18-10-12-20-39(33)55)25-37(44(60)51-29(3)42(58)52-36)53-43(59)35(50)23-30-14-6-4-7-15-30/h4-21,27-29,35-38,41,48H,22-26,50H2,1-3H3,(H,51,60)(H,52,58)(H,53,59)(H,54,61)/t29-,35-,36-,37-,38-,41-,48+,49-/m0/s1. The normalized spacial score (nSPS) is 26.2. The van der Waals surface area contributed by atoms with E-state index in [2.05, 4.69) is 25.8 Å². The first-order chi connectivity index (χ1) is 30.3. The summed E-state index contributed by atoms with van der Waals surface area (Å²) in [6.07, 6.45) is 1.95. The molecule has 4 aliphatic rings. The molecule has 63 heavy (non-hydrogen) atoms. The number of benzene rings is 4. The molecule has 324 valence electrons. The van der Waals surface area contributed by atoms with Gasteiger partial charge in [0.15, 0.2) is 0 Å². The monoisotopic (exact) mass is 848 g/mol. The van der Waals surface area contributed by atoms with Gasteiger partial charge in [-0.1, -0.05) is 111 Å². The molecule has 5 aromatic rings. The lowest BCUT2D eigenvalue weighted by molar-refractivity contribution is -0.147. The average Bonchev–Trinajstić information content (AvgIpc) is 3.89. The number of hydrogen-bond acceptors (Lipinski definition) is 7. The van der Waals surface area contributed by atoms with E-state index >= 15 is 4.79 Å². The summed E-state index contributed by atoms with van der Waals surface area (Å²) >= 11 is 0. The lowest BCUT2D eigenvalue weighted by atomic mass is 9.78. The Kier molecular flexibility index (Phi) is 10.9. The third-order valence-electron chi connectivity index (χ3n) is 13.1. The first-order valence-corrected chi connectivity index (χ1v) is 21.7. The van der Waals surface area contributed by atoms with Gasteiger partial charge >= 0.3 is 0 Å². The van der Waals surface area contributed by atoms with E-state index in [-0.39, 0.29) is 43.9 Å². The van der Waals surface area contributed by atoms with Crippen molar-refractivity contribution in [1.82, 2.24) is 30.7 Å². The molecule has 0 saturated carbocycles. The summed E-state index contributed by atoms with van der Waals surface area (Å²) in [5.74, 6) is -2.98. The Bertz CT molecular complexity index is 2610. The van der Waals surface area contributed by atoms with Gasteiger partial charge in [-0.25, -0.2) is 0 Å². The Labute approximate surface area is 365 Å². The first kappa shape index (κ1) is 41.5. The topological polar surface area (TPSA) is 188 Å². The van der Waals surface area contributed by atoms with Gasteiger partial charge in [0, 0.05) is 41.9 Å². The number of anilines is 1. The van der Waals surface area contributed by atoms with Crippen LogP contribution in [-0.4, -0.2) is 87.3 Å². The number of nitrogens with two attached hydrogens (primary N) is 1. The van der Waals surface area contributed by atoms with Crippen molar-refractivity contribution >= 4 is 52.0 Å². The van der Waals surface area contributed by atoms with E-state index in [0.717, 1.165) is 27.6 Å². The molecule has 8 atom stereocenters. The number of aromatic nitrogens is 1. The molecule has 6 amide bonds. The molecule has 4 bridgehead atoms. The quantitative estimate of drug-likeness (QED) is 0.159. The van der Waals surface area contributed by atoms with Crippen molar-refractivity contribution in [3.05, 3.63) is 138 Å². The van der Waals surface area contributed by atoms with Crippen LogP contribution >= 0.6 is 0 Å². The Balaban J connectivity index is 1.22. The highest BCUT2D eigenvalue weighted by Crippen LogP contribution is 2.57. The van der Waals surface area contributed by atoms with Crippen LogP contribution in [0.4, 0.5) is 5.69 Å². The zero-order valence-corrected chi connectivity index (χ0v) is 35.5. The summed E-state index contributed by atoms with van der Waals surface area (Å²) in [6, 6.07) is 28.0. The maximum atomic E-state index is 15.2. The molecule has 1 aromatic heterocycles. The molecular weight excluding hydrogens is 797 g/mol. The zero-order valence-electron chi connectivity index (χ0n) is 35.5. The van der Waals surface area contributed by atoms with Crippen molar-refractivity contribution in [2.75, 3.05) is 4.90 Å². The number of rotatable bonds is 8. The van der Waals surface area contributed by atoms with Crippen molar-refractivity contribution in [3.8, 4) is 0 Å². The second-order valence-corrected chi connectivity index (χ2v) is 17.8. The fourth-order valence-corrected chi connectivity index (χ4v) is 10.2. The van der Waals surface area contributed by atoms with E-state index in [1.807, 2.05) is 129 Å². The summed E-state index contributed by atoms with van der Waals surface area (Å²) in [5, 5.41) is 12.4. The molecule has 0 radical (unpaired) electrons. The third-order valence-corrected chi connectivity index (χ3v) is 13.1. The lowest BCUT2D eigenvalue weighted by Crippen LogP contribution is -2.68. The summed E-state index contributed by atoms with van der Waals surface area (Å²) in [4.78, 5) is 90.3. The van der Waals surface area contributed by atoms with Crippen LogP contribution in [0.25, 0.3) is 10.9 Å². The molecule has 1 spiro atoms. The van der Waals surface area contributed by atoms with Crippen LogP contribution in [0.1, 0.15) is 55.9 Å². The van der Waals surface area contributed by atoms with Gasteiger partial charge < -0.3 is 36.5 Å². The predicted molar refractivity (Wildman–Crippen MR) is 237 cm³/mol. The van der Waals surface area contributed by atoms with Gasteiger partial charge in [0.25, 0.3) is 5.91 Å². The summed E-state index contributed by atoms with van der Waals surface area (Å²) in [7, 11) is 0. The molecular formula is C49H52N8O6. The van der Waals surface area contributed by atoms with E-state index in [4.69, 9.17) is 5.73 Å². The van der Waals surface area contributed by atoms with Crippen LogP contribution in [0.2, 0.25) is 0 Å². The van der Waals surface area contributed by atoms with E-state index in [0.29, 0.717) is 11.3 Å². The minimum atomic E-state index is -1.18. The van der Waals surface area contributed by atoms with Crippen molar-refractivity contribution < 1.29 is 28.8 Å². The number of fused-ring (bicyclic) bond motifs is 8. The van der Waals surface area contributed by atoms with Gasteiger partial charge in [-0.2, -0.15) is 0 Å². The van der Waals surface area contributed by atoms with Crippen molar-refractivity contribution in [2.24, 2.45) is 11.7 Å². The van der Waals surface area contributed by atoms with Gasteiger partial charge in [0.2, 0.25) is 29.5 Å². The van der Waals surface area contributed by atoms with Crippen LogP contribution in [0, 0.1) is 5.92 Å². The summed E-state index contributed by atoms with van der Waals surface area (Å²) < 4.78 is 2.11. The van der Waals surface area contributed by atoms with Gasteiger partial charge in [-0.15, -0.1) is 0 Å². The Morgan fingerprint density at radius 3 is 2.19 bits per heavy atom. The zero-order chi connectivity index (χ0) is 44.2. The van der Waals surface area contributed by atoms with E-state index in [1.54, 1.807) is 9.80 Å². The van der Waals surface area contributed by atoms with Crippen molar-refractivity contribution in [2.45, 2.75) is 101 Å². The largest absolute Gasteiger partial charge is 0.343 e. The van der Waals surface area contributed by atoms with Crippen LogP contribution in [0.3, 0.4) is 0 Å². The molecule has 5 heterocycles. The predicted octanol–water partition coefficient (Wildman–Crippen LogP) is 3.05. The molecule has 0 unspecified atom stereocenters. The highest BCUT2D eigenvalue weighted by atomic mass is 16.2. The molecule has 9 rings (SSSR count). The van der Waals surface area contributed by atoms with Gasteiger partial charge in [0.1, 0.15) is 41.9 Å². The number of para-hydroxylation sites is 2. The Morgan fingerprint density at radius 1 is 0.794 bits per heavy atom. The number of nitrogens with zero attached hydrogens (tertiary/aromatic N) is 3. The van der Waals surface area contributed by atoms with Gasteiger partial charge in [-0.3, -0.25) is 33.7 Å². The van der Waals surface area contributed by atoms with E-state index in [1.165, 1.54) is 6.92 Å². The SMILES string of the molecule is CC(C)C[C@@H]1NC(=O)[C@H](C)NC(=O)[C@@H](NC(=O)[C@@H](N)Cc2ccccc2)Cc2cn(c3ccccc23)[C@]23C[C@H](NC1=O)C(=O)N1[C@H]2N(C(=O)[C@@H]1Cc1ccccc1)c1ccccc13. The highest BCUT2D eigenvalue weighted by Gasteiger charge is 2.68. The fraction of sp³-hybridized carbons (Fsp3) is 0.347. The average molecular weight is 849 g/mol. The molecule has 0 aliphatic carbocycles. The summed E-state index contributed by atoms with van der Waals surface area (Å²) in [6.45, 7) is 5.36. The number of piperidine rings is 1. The van der Waals surface area contributed by atoms with Crippen LogP contribution in [0.5, 0.6) is 0 Å². The van der Waals surface area contributed by atoms with E-state index in [9.17, 15) is 24.0 Å². The Morgan fingerprint density at radius 2 is 1.46 bits per heavy atom. The van der Waals surface area contributed by atoms with E-state index < -0.39 is 77.5 Å². The Hall–Kier alpha value is -6.80. The molecule has 4 aromatic carbocycles. The fourth-order valence-electron chi connectivity index (χ4n) is 10.2. The minimum absolute atomic E-state index is 0.0118. The second kappa shape index (κ2) is 16.5. The van der Waals surface area contributed by atoms with Crippen LogP contribution < -0.4 is 31.9 Å². The highest BCUT2D eigenvalue weighted by molar-refractivity contribution is 6.08. The number of nitrogens with one attached hydrogen (secondary N) is 4. The molecule has 2 fully saturated rings. The first-order valence-electron chi connectivity index (χ1n) is 21.7.